The van der Waals surface area contributed by atoms with Crippen molar-refractivity contribution in [3.63, 3.8) is 0 Å². The largest absolute Gasteiger partial charge is 0.381 e. The van der Waals surface area contributed by atoms with Crippen molar-refractivity contribution in [2.45, 2.75) is 32.2 Å². The Kier molecular flexibility index (Phi) is 5.01. The molecule has 4 heteroatoms. The van der Waals surface area contributed by atoms with E-state index in [-0.39, 0.29) is 0 Å². The predicted molar refractivity (Wildman–Crippen MR) is 87.7 cm³/mol. The van der Waals surface area contributed by atoms with Gasteiger partial charge in [-0.25, -0.2) is 4.98 Å². The number of aromatic nitrogens is 1. The van der Waals surface area contributed by atoms with Crippen LogP contribution >= 0.6 is 11.3 Å². The Balaban J connectivity index is 1.90. The molecule has 1 fully saturated rings. The highest BCUT2D eigenvalue weighted by molar-refractivity contribution is 7.15. The fourth-order valence-electron chi connectivity index (χ4n) is 2.67. The maximum Gasteiger partial charge on any atom is 0.0967 e. The van der Waals surface area contributed by atoms with Crippen LogP contribution in [0.15, 0.2) is 30.3 Å². The van der Waals surface area contributed by atoms with Crippen molar-refractivity contribution in [3.8, 4) is 10.4 Å². The number of thiazole rings is 1. The van der Waals surface area contributed by atoms with Crippen molar-refractivity contribution in [2.75, 3.05) is 19.8 Å². The van der Waals surface area contributed by atoms with Gasteiger partial charge in [0.2, 0.25) is 0 Å². The Hall–Kier alpha value is -1.23. The second-order valence-electron chi connectivity index (χ2n) is 5.36. The molecule has 112 valence electrons. The monoisotopic (exact) mass is 302 g/mol. The number of nitrogens with zero attached hydrogens (tertiary/aromatic N) is 1. The molecule has 1 aromatic carbocycles. The molecule has 1 aliphatic heterocycles. The Bertz CT molecular complexity index is 561. The van der Waals surface area contributed by atoms with E-state index in [2.05, 4.69) is 42.6 Å². The number of hydrogen-bond acceptors (Lipinski definition) is 4. The molecule has 2 aromatic rings. The van der Waals surface area contributed by atoms with Crippen molar-refractivity contribution in [2.24, 2.45) is 0 Å². The molecule has 1 aliphatic rings. The minimum Gasteiger partial charge on any atom is -0.381 e. The molecule has 0 saturated carbocycles. The van der Waals surface area contributed by atoms with E-state index in [1.165, 1.54) is 21.1 Å². The van der Waals surface area contributed by atoms with Gasteiger partial charge < -0.3 is 10.1 Å². The molecular weight excluding hydrogens is 280 g/mol. The van der Waals surface area contributed by atoms with E-state index < -0.39 is 0 Å². The molecule has 0 unspecified atom stereocenters. The molecular formula is C17H22N2OS. The number of hydrogen-bond donors (Lipinski definition) is 1. The van der Waals surface area contributed by atoms with Crippen LogP contribution < -0.4 is 5.32 Å². The van der Waals surface area contributed by atoms with Crippen molar-refractivity contribution in [1.29, 1.82) is 0 Å². The minimum absolute atomic E-state index is 0.571. The summed E-state index contributed by atoms with van der Waals surface area (Å²) in [5.74, 6) is 0.571. The van der Waals surface area contributed by atoms with E-state index in [1.54, 1.807) is 0 Å². The van der Waals surface area contributed by atoms with Crippen molar-refractivity contribution in [1.82, 2.24) is 10.3 Å². The average Bonchev–Trinajstić information content (AvgIpc) is 2.99. The maximum atomic E-state index is 5.47. The first-order valence-corrected chi connectivity index (χ1v) is 8.53. The summed E-state index contributed by atoms with van der Waals surface area (Å²) in [5.41, 5.74) is 2.47. The first kappa shape index (κ1) is 14.7. The molecule has 1 saturated heterocycles. The highest BCUT2D eigenvalue weighted by atomic mass is 32.1. The first-order valence-electron chi connectivity index (χ1n) is 7.72. The topological polar surface area (TPSA) is 34.2 Å². The molecule has 0 bridgehead atoms. The van der Waals surface area contributed by atoms with E-state index >= 15 is 0 Å². The van der Waals surface area contributed by atoms with E-state index in [1.807, 2.05) is 11.3 Å². The molecule has 3 nitrogen and oxygen atoms in total. The molecule has 2 heterocycles. The fourth-order valence-corrected chi connectivity index (χ4v) is 3.92. The average molecular weight is 302 g/mol. The summed E-state index contributed by atoms with van der Waals surface area (Å²) in [7, 11) is 0. The lowest BCUT2D eigenvalue weighted by molar-refractivity contribution is 0.0852. The lowest BCUT2D eigenvalue weighted by atomic mass is 10.0. The molecule has 0 spiro atoms. The van der Waals surface area contributed by atoms with Gasteiger partial charge in [-0.05, 0) is 24.9 Å². The van der Waals surface area contributed by atoms with Crippen LogP contribution in [0.5, 0.6) is 0 Å². The first-order chi connectivity index (χ1) is 10.4. The van der Waals surface area contributed by atoms with Gasteiger partial charge in [0.15, 0.2) is 0 Å². The van der Waals surface area contributed by atoms with Crippen molar-refractivity contribution < 1.29 is 4.74 Å². The lowest BCUT2D eigenvalue weighted by Gasteiger charge is -2.19. The van der Waals surface area contributed by atoms with Gasteiger partial charge in [-0.3, -0.25) is 0 Å². The van der Waals surface area contributed by atoms with Gasteiger partial charge in [-0.1, -0.05) is 37.3 Å². The van der Waals surface area contributed by atoms with Gasteiger partial charge in [0.1, 0.15) is 0 Å². The van der Waals surface area contributed by atoms with Crippen LogP contribution in [0, 0.1) is 0 Å². The number of ether oxygens (including phenoxy) is 1. The van der Waals surface area contributed by atoms with Crippen LogP contribution in [0.4, 0.5) is 0 Å². The summed E-state index contributed by atoms with van der Waals surface area (Å²) in [4.78, 5) is 6.27. The second-order valence-corrected chi connectivity index (χ2v) is 6.39. The summed E-state index contributed by atoms with van der Waals surface area (Å²) in [6.07, 6.45) is 2.20. The molecule has 21 heavy (non-hydrogen) atoms. The van der Waals surface area contributed by atoms with E-state index in [4.69, 9.17) is 9.72 Å². The number of benzene rings is 1. The van der Waals surface area contributed by atoms with E-state index in [9.17, 15) is 0 Å². The van der Waals surface area contributed by atoms with Gasteiger partial charge in [0.05, 0.1) is 15.6 Å². The molecule has 0 radical (unpaired) electrons. The SMILES string of the molecule is CCNCc1nc(C2CCOCC2)sc1-c1ccccc1. The molecule has 0 atom stereocenters. The lowest BCUT2D eigenvalue weighted by Crippen LogP contribution is -2.15. The van der Waals surface area contributed by atoms with Gasteiger partial charge in [0.25, 0.3) is 0 Å². The Morgan fingerprint density at radius 1 is 1.24 bits per heavy atom. The van der Waals surface area contributed by atoms with Crippen LogP contribution in [0.1, 0.15) is 36.4 Å². The third kappa shape index (κ3) is 3.51. The Morgan fingerprint density at radius 3 is 2.71 bits per heavy atom. The molecule has 3 rings (SSSR count). The summed E-state index contributed by atoms with van der Waals surface area (Å²) < 4.78 is 5.47. The fraction of sp³-hybridized carbons (Fsp3) is 0.471. The van der Waals surface area contributed by atoms with Crippen LogP contribution in [0.2, 0.25) is 0 Å². The number of rotatable bonds is 5. The Labute approximate surface area is 130 Å². The van der Waals surface area contributed by atoms with Crippen molar-refractivity contribution in [3.05, 3.63) is 41.0 Å². The third-order valence-electron chi connectivity index (χ3n) is 3.86. The van der Waals surface area contributed by atoms with Crippen LogP contribution in [0.3, 0.4) is 0 Å². The molecule has 0 amide bonds. The van der Waals surface area contributed by atoms with Crippen LogP contribution in [-0.2, 0) is 11.3 Å². The summed E-state index contributed by atoms with van der Waals surface area (Å²) in [6, 6.07) is 10.6. The third-order valence-corrected chi connectivity index (χ3v) is 5.17. The highest BCUT2D eigenvalue weighted by Gasteiger charge is 2.22. The minimum atomic E-state index is 0.571. The highest BCUT2D eigenvalue weighted by Crippen LogP contribution is 2.37. The van der Waals surface area contributed by atoms with Crippen molar-refractivity contribution >= 4 is 11.3 Å². The van der Waals surface area contributed by atoms with Crippen LogP contribution in [-0.4, -0.2) is 24.7 Å². The normalized spacial score (nSPS) is 16.2. The van der Waals surface area contributed by atoms with Gasteiger partial charge in [0, 0.05) is 25.7 Å². The molecule has 1 N–H and O–H groups in total. The van der Waals surface area contributed by atoms with Gasteiger partial charge >= 0.3 is 0 Å². The maximum absolute atomic E-state index is 5.47. The second kappa shape index (κ2) is 7.16. The number of nitrogens with one attached hydrogen (secondary N) is 1. The molecule has 0 aliphatic carbocycles. The zero-order chi connectivity index (χ0) is 14.5. The van der Waals surface area contributed by atoms with E-state index in [0.29, 0.717) is 5.92 Å². The summed E-state index contributed by atoms with van der Waals surface area (Å²) >= 11 is 1.86. The van der Waals surface area contributed by atoms with Crippen LogP contribution in [0.25, 0.3) is 10.4 Å². The quantitative estimate of drug-likeness (QED) is 0.912. The smallest absolute Gasteiger partial charge is 0.0967 e. The zero-order valence-corrected chi connectivity index (χ0v) is 13.3. The van der Waals surface area contributed by atoms with Gasteiger partial charge in [-0.15, -0.1) is 11.3 Å². The van der Waals surface area contributed by atoms with E-state index in [0.717, 1.165) is 39.1 Å². The summed E-state index contributed by atoms with van der Waals surface area (Å²) in [6.45, 7) is 5.69. The zero-order valence-electron chi connectivity index (χ0n) is 12.5. The predicted octanol–water partition coefficient (Wildman–Crippen LogP) is 3.81. The Morgan fingerprint density at radius 2 is 2.00 bits per heavy atom. The standard InChI is InChI=1S/C17H22N2OS/c1-2-18-12-15-16(13-6-4-3-5-7-13)21-17(19-15)14-8-10-20-11-9-14/h3-7,14,18H,2,8-12H2,1H3. The summed E-state index contributed by atoms with van der Waals surface area (Å²) in [5, 5.41) is 4.69. The molecule has 1 aromatic heterocycles. The van der Waals surface area contributed by atoms with Gasteiger partial charge in [-0.2, -0.15) is 0 Å².